The maximum Gasteiger partial charge on any atom is 0.321 e. The van der Waals surface area contributed by atoms with E-state index < -0.39 is 4.92 Å². The average molecular weight is 528 g/mol. The fourth-order valence-electron chi connectivity index (χ4n) is 4.35. The summed E-state index contributed by atoms with van der Waals surface area (Å²) >= 11 is 0. The van der Waals surface area contributed by atoms with Crippen molar-refractivity contribution in [1.29, 1.82) is 0 Å². The summed E-state index contributed by atoms with van der Waals surface area (Å²) < 4.78 is 1.89. The SMILES string of the molecule is C=CCNc1nc(N2CCN(C(=O)Nc3ccc(C)cc3)CC2)nc2c1ncn2Cc1ccc([N+](=O)[O-])cc1. The molecule has 0 radical (unpaired) electrons. The van der Waals surface area contributed by atoms with Crippen LogP contribution in [0.1, 0.15) is 11.1 Å². The van der Waals surface area contributed by atoms with Crippen LogP contribution in [0.3, 0.4) is 0 Å². The van der Waals surface area contributed by atoms with E-state index in [1.165, 1.54) is 12.1 Å². The van der Waals surface area contributed by atoms with Gasteiger partial charge in [0, 0.05) is 50.5 Å². The first-order valence-corrected chi connectivity index (χ1v) is 12.6. The summed E-state index contributed by atoms with van der Waals surface area (Å²) in [5.74, 6) is 1.13. The van der Waals surface area contributed by atoms with Crippen LogP contribution in [-0.2, 0) is 6.54 Å². The lowest BCUT2D eigenvalue weighted by molar-refractivity contribution is -0.384. The minimum atomic E-state index is -0.417. The topological polar surface area (TPSA) is 134 Å². The first-order valence-electron chi connectivity index (χ1n) is 12.6. The molecule has 0 unspecified atom stereocenters. The lowest BCUT2D eigenvalue weighted by Gasteiger charge is -2.34. The Morgan fingerprint density at radius 3 is 2.46 bits per heavy atom. The minimum Gasteiger partial charge on any atom is -0.365 e. The van der Waals surface area contributed by atoms with E-state index >= 15 is 0 Å². The molecule has 2 aromatic carbocycles. The Morgan fingerprint density at radius 2 is 1.79 bits per heavy atom. The van der Waals surface area contributed by atoms with Crippen LogP contribution in [0.4, 0.5) is 27.9 Å². The highest BCUT2D eigenvalue weighted by molar-refractivity contribution is 5.89. The molecule has 2 N–H and O–H groups in total. The van der Waals surface area contributed by atoms with Gasteiger partial charge in [0.15, 0.2) is 17.0 Å². The number of fused-ring (bicyclic) bond motifs is 1. The predicted molar refractivity (Wildman–Crippen MR) is 150 cm³/mol. The molecule has 1 saturated heterocycles. The average Bonchev–Trinajstić information content (AvgIpc) is 3.36. The molecule has 0 saturated carbocycles. The number of nitrogens with one attached hydrogen (secondary N) is 2. The van der Waals surface area contributed by atoms with Gasteiger partial charge in [-0.25, -0.2) is 9.78 Å². The van der Waals surface area contributed by atoms with Crippen LogP contribution in [-0.4, -0.2) is 68.1 Å². The molecule has 1 aliphatic heterocycles. The molecule has 1 fully saturated rings. The van der Waals surface area contributed by atoms with E-state index in [0.29, 0.717) is 62.2 Å². The van der Waals surface area contributed by atoms with E-state index in [-0.39, 0.29) is 11.7 Å². The molecule has 0 spiro atoms. The van der Waals surface area contributed by atoms with Gasteiger partial charge < -0.3 is 25.0 Å². The van der Waals surface area contributed by atoms with Gasteiger partial charge in [0.05, 0.1) is 17.8 Å². The lowest BCUT2D eigenvalue weighted by atomic mass is 10.2. The van der Waals surface area contributed by atoms with Crippen molar-refractivity contribution >= 4 is 40.3 Å². The number of anilines is 3. The summed E-state index contributed by atoms with van der Waals surface area (Å²) in [6, 6.07) is 14.0. The number of hydrogen-bond donors (Lipinski definition) is 2. The Morgan fingerprint density at radius 1 is 1.08 bits per heavy atom. The third-order valence-electron chi connectivity index (χ3n) is 6.52. The summed E-state index contributed by atoms with van der Waals surface area (Å²) in [6.45, 7) is 8.93. The Balaban J connectivity index is 1.34. The molecule has 12 nitrogen and oxygen atoms in total. The highest BCUT2D eigenvalue weighted by Crippen LogP contribution is 2.25. The normalized spacial score (nSPS) is 13.4. The predicted octanol–water partition coefficient (Wildman–Crippen LogP) is 4.04. The zero-order valence-electron chi connectivity index (χ0n) is 21.6. The molecule has 2 amide bonds. The second-order valence-electron chi connectivity index (χ2n) is 9.28. The van der Waals surface area contributed by atoms with Gasteiger partial charge in [0.2, 0.25) is 5.95 Å². The number of urea groups is 1. The van der Waals surface area contributed by atoms with Gasteiger partial charge in [-0.15, -0.1) is 6.58 Å². The quantitative estimate of drug-likeness (QED) is 0.199. The van der Waals surface area contributed by atoms with Crippen LogP contribution in [0.2, 0.25) is 0 Å². The molecule has 2 aromatic heterocycles. The van der Waals surface area contributed by atoms with Gasteiger partial charge in [-0.2, -0.15) is 9.97 Å². The van der Waals surface area contributed by atoms with Gasteiger partial charge in [-0.1, -0.05) is 35.9 Å². The third-order valence-corrected chi connectivity index (χ3v) is 6.52. The van der Waals surface area contributed by atoms with Crippen molar-refractivity contribution in [2.75, 3.05) is 48.3 Å². The second-order valence-corrected chi connectivity index (χ2v) is 9.28. The fraction of sp³-hybridized carbons (Fsp3) is 0.259. The number of benzene rings is 2. The van der Waals surface area contributed by atoms with Crippen molar-refractivity contribution in [3.05, 3.63) is 88.8 Å². The maximum atomic E-state index is 12.8. The van der Waals surface area contributed by atoms with Crippen molar-refractivity contribution in [1.82, 2.24) is 24.4 Å². The number of nitro benzene ring substituents is 1. The number of non-ortho nitro benzene ring substituents is 1. The largest absolute Gasteiger partial charge is 0.365 e. The van der Waals surface area contributed by atoms with E-state index in [1.54, 1.807) is 29.4 Å². The fourth-order valence-corrected chi connectivity index (χ4v) is 4.35. The molecular formula is C27H29N9O3. The number of rotatable bonds is 8. The Labute approximate surface area is 225 Å². The molecule has 39 heavy (non-hydrogen) atoms. The van der Waals surface area contributed by atoms with Crippen molar-refractivity contribution in [3.63, 3.8) is 0 Å². The Hall–Kier alpha value is -5.00. The zero-order valence-corrected chi connectivity index (χ0v) is 21.6. The van der Waals surface area contributed by atoms with Crippen LogP contribution in [0.25, 0.3) is 11.2 Å². The van der Waals surface area contributed by atoms with Gasteiger partial charge in [0.1, 0.15) is 0 Å². The van der Waals surface area contributed by atoms with E-state index in [4.69, 9.17) is 9.97 Å². The number of hydrogen-bond acceptors (Lipinski definition) is 8. The van der Waals surface area contributed by atoms with Crippen molar-refractivity contribution in [3.8, 4) is 0 Å². The Kier molecular flexibility index (Phi) is 7.34. The van der Waals surface area contributed by atoms with Gasteiger partial charge >= 0.3 is 6.03 Å². The molecule has 5 rings (SSSR count). The number of carbonyl (C=O) groups is 1. The summed E-state index contributed by atoms with van der Waals surface area (Å²) in [5, 5.41) is 17.2. The number of aromatic nitrogens is 4. The van der Waals surface area contributed by atoms with Crippen LogP contribution < -0.4 is 15.5 Å². The summed E-state index contributed by atoms with van der Waals surface area (Å²) in [4.78, 5) is 41.3. The highest BCUT2D eigenvalue weighted by Gasteiger charge is 2.24. The first kappa shape index (κ1) is 25.6. The molecule has 3 heterocycles. The highest BCUT2D eigenvalue weighted by atomic mass is 16.6. The minimum absolute atomic E-state index is 0.0430. The number of aryl methyl sites for hydroxylation is 1. The number of amides is 2. The summed E-state index contributed by atoms with van der Waals surface area (Å²) in [7, 11) is 0. The molecule has 0 atom stereocenters. The lowest BCUT2D eigenvalue weighted by Crippen LogP contribution is -2.50. The summed E-state index contributed by atoms with van der Waals surface area (Å²) in [6.07, 6.45) is 3.43. The first-order chi connectivity index (χ1) is 18.9. The number of nitro groups is 1. The number of piperazine rings is 1. The van der Waals surface area contributed by atoms with Crippen molar-refractivity contribution in [2.24, 2.45) is 0 Å². The van der Waals surface area contributed by atoms with E-state index in [9.17, 15) is 14.9 Å². The smallest absolute Gasteiger partial charge is 0.321 e. The molecule has 1 aliphatic rings. The van der Waals surface area contributed by atoms with Crippen LogP contribution >= 0.6 is 0 Å². The molecule has 0 aliphatic carbocycles. The monoisotopic (exact) mass is 527 g/mol. The maximum absolute atomic E-state index is 12.8. The van der Waals surface area contributed by atoms with Gasteiger partial charge in [-0.05, 0) is 24.6 Å². The summed E-state index contributed by atoms with van der Waals surface area (Å²) in [5.41, 5.74) is 4.09. The van der Waals surface area contributed by atoms with Crippen LogP contribution in [0.5, 0.6) is 0 Å². The number of imidazole rings is 1. The Bertz CT molecular complexity index is 1490. The van der Waals surface area contributed by atoms with Crippen LogP contribution in [0, 0.1) is 17.0 Å². The van der Waals surface area contributed by atoms with Gasteiger partial charge in [0.25, 0.3) is 5.69 Å². The molecule has 12 heteroatoms. The van der Waals surface area contributed by atoms with Crippen molar-refractivity contribution < 1.29 is 9.72 Å². The van der Waals surface area contributed by atoms with E-state index in [2.05, 4.69) is 27.1 Å². The molecule has 4 aromatic rings. The molecular weight excluding hydrogens is 498 g/mol. The third kappa shape index (κ3) is 5.79. The van der Waals surface area contributed by atoms with Gasteiger partial charge in [-0.3, -0.25) is 10.1 Å². The van der Waals surface area contributed by atoms with E-state index in [1.807, 2.05) is 35.8 Å². The van der Waals surface area contributed by atoms with Crippen LogP contribution in [0.15, 0.2) is 67.5 Å². The van der Waals surface area contributed by atoms with Crippen molar-refractivity contribution in [2.45, 2.75) is 13.5 Å². The van der Waals surface area contributed by atoms with E-state index in [0.717, 1.165) is 16.8 Å². The molecule has 200 valence electrons. The zero-order chi connectivity index (χ0) is 27.4. The molecule has 0 bridgehead atoms. The standard InChI is InChI=1S/C27H29N9O3/c1-3-12-28-24-23-25(35(18-29-23)17-20-6-10-22(11-7-20)36(38)39)32-26(31-24)33-13-15-34(16-14-33)27(37)30-21-8-4-19(2)5-9-21/h3-11,18H,1,12-17H2,2H3,(H,30,37)(H,28,31,32). The second kappa shape index (κ2) is 11.2. The number of carbonyl (C=O) groups excluding carboxylic acids is 1. The number of nitrogens with zero attached hydrogens (tertiary/aromatic N) is 7.